The third kappa shape index (κ3) is 4.24. The Morgan fingerprint density at radius 1 is 1.07 bits per heavy atom. The van der Waals surface area contributed by atoms with Gasteiger partial charge in [0.2, 0.25) is 21.8 Å². The number of hydrogen-bond donors (Lipinski definition) is 0. The lowest BCUT2D eigenvalue weighted by atomic mass is 10.1. The Morgan fingerprint density at radius 3 is 2.40 bits per heavy atom. The predicted octanol–water partition coefficient (Wildman–Crippen LogP) is 0.794. The van der Waals surface area contributed by atoms with E-state index in [4.69, 9.17) is 9.47 Å². The van der Waals surface area contributed by atoms with Crippen LogP contribution >= 0.6 is 0 Å². The van der Waals surface area contributed by atoms with Gasteiger partial charge >= 0.3 is 0 Å². The van der Waals surface area contributed by atoms with Gasteiger partial charge in [-0.2, -0.15) is 4.31 Å². The van der Waals surface area contributed by atoms with E-state index in [9.17, 15) is 18.0 Å². The number of fused-ring (bicyclic) bond motifs is 1. The number of carbonyl (C=O) groups excluding carboxylic acids is 2. The van der Waals surface area contributed by atoms with E-state index in [2.05, 4.69) is 0 Å². The van der Waals surface area contributed by atoms with E-state index in [1.165, 1.54) is 35.6 Å². The minimum Gasteiger partial charge on any atom is -0.493 e. The molecule has 0 aromatic heterocycles. The van der Waals surface area contributed by atoms with Gasteiger partial charge < -0.3 is 19.3 Å². The lowest BCUT2D eigenvalue weighted by molar-refractivity contribution is -0.156. The molecule has 2 aliphatic heterocycles. The number of piperazine rings is 1. The van der Waals surface area contributed by atoms with Gasteiger partial charge in [-0.15, -0.1) is 0 Å². The van der Waals surface area contributed by atoms with Gasteiger partial charge in [0, 0.05) is 32.2 Å². The molecule has 0 aliphatic carbocycles. The molecule has 0 spiro atoms. The van der Waals surface area contributed by atoms with E-state index in [-0.39, 0.29) is 55.2 Å². The average Bonchev–Trinajstić information content (AvgIpc) is 2.95. The van der Waals surface area contributed by atoms with Gasteiger partial charge in [0.25, 0.3) is 0 Å². The molecule has 0 bridgehead atoms. The second kappa shape index (κ2) is 8.81. The van der Waals surface area contributed by atoms with Crippen LogP contribution < -0.4 is 9.47 Å². The Kier molecular flexibility index (Phi) is 6.56. The van der Waals surface area contributed by atoms with E-state index >= 15 is 0 Å². The van der Waals surface area contributed by atoms with Crippen LogP contribution in [0.1, 0.15) is 20.3 Å². The molecule has 10 heteroatoms. The van der Waals surface area contributed by atoms with Crippen LogP contribution in [-0.2, 0) is 19.6 Å². The minimum absolute atomic E-state index is 0.0515. The zero-order valence-electron chi connectivity index (χ0n) is 17.8. The summed E-state index contributed by atoms with van der Waals surface area (Å²) in [4.78, 5) is 28.7. The van der Waals surface area contributed by atoms with E-state index in [0.717, 1.165) is 0 Å². The van der Waals surface area contributed by atoms with E-state index in [0.29, 0.717) is 18.0 Å². The summed E-state index contributed by atoms with van der Waals surface area (Å²) in [5.41, 5.74) is 0. The molecule has 1 unspecified atom stereocenters. The summed E-state index contributed by atoms with van der Waals surface area (Å²) in [7, 11) is -0.896. The molecule has 1 aromatic rings. The first kappa shape index (κ1) is 22.4. The number of rotatable bonds is 6. The number of methoxy groups -OCH3 is 2. The molecule has 0 radical (unpaired) electrons. The summed E-state index contributed by atoms with van der Waals surface area (Å²) < 4.78 is 38.2. The highest BCUT2D eigenvalue weighted by atomic mass is 32.2. The molecule has 0 saturated carbocycles. The molecule has 2 fully saturated rings. The van der Waals surface area contributed by atoms with E-state index < -0.39 is 16.1 Å². The van der Waals surface area contributed by atoms with Crippen LogP contribution in [0, 0.1) is 5.92 Å². The molecule has 2 amide bonds. The molecule has 0 N–H and O–H groups in total. The monoisotopic (exact) mass is 439 g/mol. The molecule has 1 atom stereocenters. The lowest BCUT2D eigenvalue weighted by Crippen LogP contribution is -2.60. The van der Waals surface area contributed by atoms with Gasteiger partial charge in [-0.3, -0.25) is 9.59 Å². The molecule has 2 heterocycles. The largest absolute Gasteiger partial charge is 0.493 e. The Labute approximate surface area is 177 Å². The summed E-state index contributed by atoms with van der Waals surface area (Å²) in [6.45, 7) is 5.04. The SMILES string of the molecule is COc1ccc(S(=O)(=O)N2CCC3C(=O)N(CC(C)C)CC(=O)N3CC2)cc1OC. The van der Waals surface area contributed by atoms with Crippen LogP contribution in [0.25, 0.3) is 0 Å². The van der Waals surface area contributed by atoms with Gasteiger partial charge in [-0.25, -0.2) is 8.42 Å². The van der Waals surface area contributed by atoms with Crippen LogP contribution in [0.15, 0.2) is 23.1 Å². The smallest absolute Gasteiger partial charge is 0.245 e. The first-order valence-corrected chi connectivity index (χ1v) is 11.4. The summed E-state index contributed by atoms with van der Waals surface area (Å²) in [5, 5.41) is 0. The molecule has 1 aromatic carbocycles. The third-order valence-corrected chi connectivity index (χ3v) is 7.33. The van der Waals surface area contributed by atoms with E-state index in [1.807, 2.05) is 13.8 Å². The number of nitrogens with zero attached hydrogens (tertiary/aromatic N) is 3. The van der Waals surface area contributed by atoms with Crippen LogP contribution in [0.4, 0.5) is 0 Å². The summed E-state index contributed by atoms with van der Waals surface area (Å²) in [6, 6.07) is 3.82. The number of hydrogen-bond acceptors (Lipinski definition) is 6. The van der Waals surface area contributed by atoms with Crippen molar-refractivity contribution in [2.75, 3.05) is 46.9 Å². The maximum atomic E-state index is 13.2. The first-order chi connectivity index (χ1) is 14.2. The highest BCUT2D eigenvalue weighted by Gasteiger charge is 2.42. The minimum atomic E-state index is -3.82. The predicted molar refractivity (Wildman–Crippen MR) is 110 cm³/mol. The quantitative estimate of drug-likeness (QED) is 0.650. The Bertz CT molecular complexity index is 917. The molecule has 2 aliphatic rings. The topological polar surface area (TPSA) is 96.5 Å². The zero-order chi connectivity index (χ0) is 22.1. The number of sulfonamides is 1. The van der Waals surface area contributed by atoms with Crippen molar-refractivity contribution in [3.8, 4) is 11.5 Å². The normalized spacial score (nSPS) is 20.9. The summed E-state index contributed by atoms with van der Waals surface area (Å²) in [5.74, 6) is 0.770. The first-order valence-electron chi connectivity index (χ1n) is 9.99. The molecular weight excluding hydrogens is 410 g/mol. The lowest BCUT2D eigenvalue weighted by Gasteiger charge is -2.39. The molecular formula is C20H29N3O6S. The van der Waals surface area contributed by atoms with Crippen molar-refractivity contribution >= 4 is 21.8 Å². The molecule has 166 valence electrons. The van der Waals surface area contributed by atoms with Crippen molar-refractivity contribution in [1.82, 2.24) is 14.1 Å². The highest BCUT2D eigenvalue weighted by molar-refractivity contribution is 7.89. The van der Waals surface area contributed by atoms with Crippen molar-refractivity contribution < 1.29 is 27.5 Å². The van der Waals surface area contributed by atoms with Gasteiger partial charge in [0.1, 0.15) is 6.04 Å². The van der Waals surface area contributed by atoms with Crippen molar-refractivity contribution in [2.24, 2.45) is 5.92 Å². The van der Waals surface area contributed by atoms with Gasteiger partial charge in [0.15, 0.2) is 11.5 Å². The molecule has 30 heavy (non-hydrogen) atoms. The summed E-state index contributed by atoms with van der Waals surface area (Å²) in [6.07, 6.45) is 0.270. The van der Waals surface area contributed by atoms with Crippen LogP contribution in [-0.4, -0.2) is 87.3 Å². The van der Waals surface area contributed by atoms with Gasteiger partial charge in [0.05, 0.1) is 25.7 Å². The molecule has 3 rings (SSSR count). The number of ether oxygens (including phenoxy) is 2. The number of carbonyl (C=O) groups is 2. The fraction of sp³-hybridized carbons (Fsp3) is 0.600. The third-order valence-electron chi connectivity index (χ3n) is 5.44. The van der Waals surface area contributed by atoms with Crippen LogP contribution in [0.2, 0.25) is 0 Å². The fourth-order valence-electron chi connectivity index (χ4n) is 3.97. The van der Waals surface area contributed by atoms with Crippen molar-refractivity contribution in [3.63, 3.8) is 0 Å². The van der Waals surface area contributed by atoms with Crippen LogP contribution in [0.5, 0.6) is 11.5 Å². The van der Waals surface area contributed by atoms with Gasteiger partial charge in [-0.05, 0) is 24.5 Å². The highest BCUT2D eigenvalue weighted by Crippen LogP contribution is 2.31. The standard InChI is InChI=1S/C20H29N3O6S/c1-14(2)12-21-13-19(24)23-10-9-22(8-7-16(23)20(21)25)30(26,27)15-5-6-17(28-3)18(11-15)29-4/h5-6,11,14,16H,7-10,12-13H2,1-4H3. The number of benzene rings is 1. The Balaban J connectivity index is 1.82. The van der Waals surface area contributed by atoms with Gasteiger partial charge in [-0.1, -0.05) is 13.8 Å². The Hall–Kier alpha value is -2.33. The second-order valence-corrected chi connectivity index (χ2v) is 9.86. The molecule has 9 nitrogen and oxygen atoms in total. The number of amides is 2. The Morgan fingerprint density at radius 2 is 1.77 bits per heavy atom. The zero-order valence-corrected chi connectivity index (χ0v) is 18.6. The van der Waals surface area contributed by atoms with Crippen molar-refractivity contribution in [2.45, 2.75) is 31.2 Å². The molecule has 2 saturated heterocycles. The fourth-order valence-corrected chi connectivity index (χ4v) is 5.43. The summed E-state index contributed by atoms with van der Waals surface area (Å²) >= 11 is 0. The van der Waals surface area contributed by atoms with Crippen molar-refractivity contribution in [1.29, 1.82) is 0 Å². The second-order valence-electron chi connectivity index (χ2n) is 7.93. The average molecular weight is 440 g/mol. The maximum Gasteiger partial charge on any atom is 0.245 e. The van der Waals surface area contributed by atoms with Crippen molar-refractivity contribution in [3.05, 3.63) is 18.2 Å². The maximum absolute atomic E-state index is 13.2. The van der Waals surface area contributed by atoms with E-state index in [1.54, 1.807) is 11.0 Å². The van der Waals surface area contributed by atoms with Crippen LogP contribution in [0.3, 0.4) is 0 Å².